The lowest BCUT2D eigenvalue weighted by Gasteiger charge is -2.15. The second kappa shape index (κ2) is 7.44. The summed E-state index contributed by atoms with van der Waals surface area (Å²) in [7, 11) is 1.60. The quantitative estimate of drug-likeness (QED) is 0.835. The molecule has 0 radical (unpaired) electrons. The van der Waals surface area contributed by atoms with Gasteiger partial charge in [0.05, 0.1) is 13.0 Å². The van der Waals surface area contributed by atoms with Gasteiger partial charge in [0.25, 0.3) is 0 Å². The number of hydrogen-bond acceptors (Lipinski definition) is 3. The second-order valence-corrected chi connectivity index (χ2v) is 7.07. The minimum atomic E-state index is -0.274. The Morgan fingerprint density at radius 1 is 1.40 bits per heavy atom. The number of pyridine rings is 1. The van der Waals surface area contributed by atoms with Crippen LogP contribution in [0.3, 0.4) is 0 Å². The van der Waals surface area contributed by atoms with Crippen molar-refractivity contribution in [1.82, 2.24) is 10.3 Å². The summed E-state index contributed by atoms with van der Waals surface area (Å²) in [5.74, 6) is 0.861. The Morgan fingerprint density at radius 2 is 2.16 bits per heavy atom. The van der Waals surface area contributed by atoms with E-state index in [1.54, 1.807) is 7.11 Å². The molecular weight excluding hydrogens is 336 g/mol. The van der Waals surface area contributed by atoms with Crippen LogP contribution in [-0.2, 0) is 11.3 Å². The van der Waals surface area contributed by atoms with E-state index in [9.17, 15) is 4.79 Å². The molecule has 1 aromatic heterocycles. The van der Waals surface area contributed by atoms with Gasteiger partial charge in [0.2, 0.25) is 11.8 Å². The lowest BCUT2D eigenvalue weighted by atomic mass is 9.99. The zero-order valence-electron chi connectivity index (χ0n) is 14.8. The van der Waals surface area contributed by atoms with Crippen LogP contribution in [0.5, 0.6) is 5.88 Å². The topological polar surface area (TPSA) is 51.2 Å². The molecule has 2 aromatic rings. The number of carbonyl (C=O) groups excluding carboxylic acids is 1. The number of nitrogens with zero attached hydrogens (tertiary/aromatic N) is 1. The van der Waals surface area contributed by atoms with E-state index in [0.717, 1.165) is 16.7 Å². The van der Waals surface area contributed by atoms with Crippen molar-refractivity contribution in [3.63, 3.8) is 0 Å². The van der Waals surface area contributed by atoms with Crippen LogP contribution in [0, 0.1) is 6.92 Å². The van der Waals surface area contributed by atoms with E-state index in [0.29, 0.717) is 23.4 Å². The number of ether oxygens (including phenoxy) is 1. The number of amides is 1. The molecular formula is C20H23ClN2O2. The molecule has 1 aromatic carbocycles. The molecule has 0 bridgehead atoms. The summed E-state index contributed by atoms with van der Waals surface area (Å²) in [4.78, 5) is 16.9. The number of aromatic nitrogens is 1. The first-order valence-corrected chi connectivity index (χ1v) is 8.94. The largest absolute Gasteiger partial charge is 0.481 e. The van der Waals surface area contributed by atoms with Crippen molar-refractivity contribution in [2.75, 3.05) is 7.11 Å². The maximum absolute atomic E-state index is 12.5. The van der Waals surface area contributed by atoms with Crippen LogP contribution in [0.4, 0.5) is 0 Å². The number of nitrogens with one attached hydrogen (secondary N) is 1. The van der Waals surface area contributed by atoms with E-state index in [1.165, 1.54) is 18.4 Å². The van der Waals surface area contributed by atoms with E-state index in [-0.39, 0.29) is 11.8 Å². The van der Waals surface area contributed by atoms with Crippen molar-refractivity contribution < 1.29 is 9.53 Å². The van der Waals surface area contributed by atoms with Crippen LogP contribution in [0.2, 0.25) is 5.02 Å². The van der Waals surface area contributed by atoms with Gasteiger partial charge in [0.15, 0.2) is 0 Å². The molecule has 3 rings (SSSR count). The van der Waals surface area contributed by atoms with Gasteiger partial charge in [-0.05, 0) is 61.4 Å². The second-order valence-electron chi connectivity index (χ2n) is 6.66. The van der Waals surface area contributed by atoms with E-state index >= 15 is 0 Å². The molecule has 1 N–H and O–H groups in total. The van der Waals surface area contributed by atoms with E-state index < -0.39 is 0 Å². The highest BCUT2D eigenvalue weighted by atomic mass is 35.5. The molecule has 1 aliphatic carbocycles. The fourth-order valence-electron chi connectivity index (χ4n) is 2.83. The molecule has 1 aliphatic rings. The zero-order chi connectivity index (χ0) is 18.0. The van der Waals surface area contributed by atoms with Gasteiger partial charge in [0.1, 0.15) is 0 Å². The zero-order valence-corrected chi connectivity index (χ0v) is 15.6. The first-order chi connectivity index (χ1) is 12.0. The number of rotatable bonds is 6. The minimum absolute atomic E-state index is 0.0428. The molecule has 1 heterocycles. The monoisotopic (exact) mass is 358 g/mol. The normalized spacial score (nSPS) is 14.9. The summed E-state index contributed by atoms with van der Waals surface area (Å²) in [5, 5.41) is 3.67. The van der Waals surface area contributed by atoms with Crippen molar-refractivity contribution in [3.05, 3.63) is 57.7 Å². The van der Waals surface area contributed by atoms with E-state index in [1.807, 2.05) is 38.2 Å². The fraction of sp³-hybridized carbons (Fsp3) is 0.400. The lowest BCUT2D eigenvalue weighted by Crippen LogP contribution is -2.27. The van der Waals surface area contributed by atoms with Gasteiger partial charge >= 0.3 is 0 Å². The molecule has 0 unspecified atom stereocenters. The molecule has 0 saturated heterocycles. The van der Waals surface area contributed by atoms with Crippen LogP contribution < -0.4 is 10.1 Å². The SMILES string of the molecule is COc1ncc(C2CC2)cc1CNC(=O)[C@@H](C)c1ccc(C)c(Cl)c1. The molecule has 4 nitrogen and oxygen atoms in total. The Bertz CT molecular complexity index is 787. The van der Waals surface area contributed by atoms with Crippen LogP contribution in [0.1, 0.15) is 53.9 Å². The number of carbonyl (C=O) groups is 1. The summed E-state index contributed by atoms with van der Waals surface area (Å²) in [5.41, 5.74) is 4.05. The molecule has 1 amide bonds. The third-order valence-corrected chi connectivity index (χ3v) is 5.14. The molecule has 1 fully saturated rings. The summed E-state index contributed by atoms with van der Waals surface area (Å²) in [6.45, 7) is 4.23. The molecule has 5 heteroatoms. The smallest absolute Gasteiger partial charge is 0.227 e. The maximum Gasteiger partial charge on any atom is 0.227 e. The van der Waals surface area contributed by atoms with Gasteiger partial charge in [-0.25, -0.2) is 4.98 Å². The Kier molecular flexibility index (Phi) is 5.28. The number of methoxy groups -OCH3 is 1. The maximum atomic E-state index is 12.5. The Balaban J connectivity index is 1.68. The highest BCUT2D eigenvalue weighted by molar-refractivity contribution is 6.31. The Hall–Kier alpha value is -2.07. The Labute approximate surface area is 153 Å². The molecule has 0 spiro atoms. The summed E-state index contributed by atoms with van der Waals surface area (Å²) in [6, 6.07) is 7.84. The third kappa shape index (κ3) is 4.13. The first kappa shape index (κ1) is 17.7. The number of aryl methyl sites for hydroxylation is 1. The van der Waals surface area contributed by atoms with Gasteiger partial charge in [-0.15, -0.1) is 0 Å². The lowest BCUT2D eigenvalue weighted by molar-refractivity contribution is -0.122. The van der Waals surface area contributed by atoms with Crippen molar-refractivity contribution in [2.24, 2.45) is 0 Å². The van der Waals surface area contributed by atoms with Gasteiger partial charge in [-0.2, -0.15) is 0 Å². The van der Waals surface area contributed by atoms with Crippen LogP contribution in [0.15, 0.2) is 30.5 Å². The number of hydrogen-bond donors (Lipinski definition) is 1. The fourth-order valence-corrected chi connectivity index (χ4v) is 3.02. The molecule has 0 aliphatic heterocycles. The van der Waals surface area contributed by atoms with Crippen molar-refractivity contribution >= 4 is 17.5 Å². The van der Waals surface area contributed by atoms with Gasteiger partial charge in [-0.1, -0.05) is 23.7 Å². The van der Waals surface area contributed by atoms with Crippen molar-refractivity contribution in [2.45, 2.75) is 45.1 Å². The van der Waals surface area contributed by atoms with Gasteiger partial charge in [0, 0.05) is 23.3 Å². The molecule has 1 atom stereocenters. The first-order valence-electron chi connectivity index (χ1n) is 8.56. The highest BCUT2D eigenvalue weighted by Gasteiger charge is 2.25. The minimum Gasteiger partial charge on any atom is -0.481 e. The average Bonchev–Trinajstić information content (AvgIpc) is 3.46. The molecule has 25 heavy (non-hydrogen) atoms. The van der Waals surface area contributed by atoms with Crippen molar-refractivity contribution in [1.29, 1.82) is 0 Å². The van der Waals surface area contributed by atoms with Crippen molar-refractivity contribution in [3.8, 4) is 5.88 Å². The van der Waals surface area contributed by atoms with Gasteiger partial charge in [-0.3, -0.25) is 4.79 Å². The molecule has 132 valence electrons. The standard InChI is InChI=1S/C20H23ClN2O2/c1-12-4-5-15(9-18(12)21)13(2)19(24)22-11-17-8-16(14-6-7-14)10-23-20(17)25-3/h4-5,8-10,13-14H,6-7,11H2,1-3H3,(H,22,24)/t13-/m0/s1. The summed E-state index contributed by atoms with van der Waals surface area (Å²) < 4.78 is 5.33. The van der Waals surface area contributed by atoms with Gasteiger partial charge < -0.3 is 10.1 Å². The predicted octanol–water partition coefficient (Wildman–Crippen LogP) is 4.35. The summed E-state index contributed by atoms with van der Waals surface area (Å²) in [6.07, 6.45) is 4.30. The average molecular weight is 359 g/mol. The molecule has 1 saturated carbocycles. The van der Waals surface area contributed by atoms with Crippen LogP contribution in [0.25, 0.3) is 0 Å². The van der Waals surface area contributed by atoms with Crippen LogP contribution in [-0.4, -0.2) is 18.0 Å². The van der Waals surface area contributed by atoms with E-state index in [2.05, 4.69) is 16.4 Å². The number of halogens is 1. The predicted molar refractivity (Wildman–Crippen MR) is 99.2 cm³/mol. The number of benzene rings is 1. The van der Waals surface area contributed by atoms with E-state index in [4.69, 9.17) is 16.3 Å². The summed E-state index contributed by atoms with van der Waals surface area (Å²) >= 11 is 6.17. The van der Waals surface area contributed by atoms with Crippen LogP contribution >= 0.6 is 11.6 Å². The highest BCUT2D eigenvalue weighted by Crippen LogP contribution is 2.40. The Morgan fingerprint density at radius 3 is 2.80 bits per heavy atom. The third-order valence-electron chi connectivity index (χ3n) is 4.73.